The second-order valence-corrected chi connectivity index (χ2v) is 4.30. The summed E-state index contributed by atoms with van der Waals surface area (Å²) >= 11 is 1.69. The molecular formula is C10H22O3S. The number of unbranched alkanes of at least 4 members (excludes halogenated alkanes) is 1. The summed E-state index contributed by atoms with van der Waals surface area (Å²) in [6.07, 6.45) is 1.87. The monoisotopic (exact) mass is 222 g/mol. The van der Waals surface area contributed by atoms with Crippen molar-refractivity contribution in [3.8, 4) is 0 Å². The molecule has 0 fully saturated rings. The van der Waals surface area contributed by atoms with Crippen molar-refractivity contribution < 1.29 is 14.6 Å². The summed E-state index contributed by atoms with van der Waals surface area (Å²) in [7, 11) is 1.69. The zero-order valence-corrected chi connectivity index (χ0v) is 10.0. The number of hydrogen-bond donors (Lipinski definition) is 1. The van der Waals surface area contributed by atoms with Crippen LogP contribution in [-0.4, -0.2) is 49.6 Å². The van der Waals surface area contributed by atoms with E-state index in [0.29, 0.717) is 6.61 Å². The van der Waals surface area contributed by atoms with Crippen LogP contribution >= 0.6 is 11.8 Å². The summed E-state index contributed by atoms with van der Waals surface area (Å²) in [5.41, 5.74) is 0. The van der Waals surface area contributed by atoms with Gasteiger partial charge in [-0.25, -0.2) is 0 Å². The van der Waals surface area contributed by atoms with Gasteiger partial charge in [0.15, 0.2) is 0 Å². The normalized spacial score (nSPS) is 13.1. The van der Waals surface area contributed by atoms with Crippen LogP contribution in [0.25, 0.3) is 0 Å². The Hall–Kier alpha value is 0.230. The van der Waals surface area contributed by atoms with Gasteiger partial charge >= 0.3 is 0 Å². The summed E-state index contributed by atoms with van der Waals surface area (Å²) in [6.45, 7) is 4.09. The summed E-state index contributed by atoms with van der Waals surface area (Å²) < 4.78 is 10.2. The van der Waals surface area contributed by atoms with E-state index in [2.05, 4.69) is 6.92 Å². The first-order valence-corrected chi connectivity index (χ1v) is 6.29. The maximum atomic E-state index is 9.46. The molecule has 1 atom stereocenters. The van der Waals surface area contributed by atoms with Gasteiger partial charge in [0.25, 0.3) is 0 Å². The van der Waals surface area contributed by atoms with Crippen LogP contribution in [0.2, 0.25) is 0 Å². The van der Waals surface area contributed by atoms with Gasteiger partial charge in [0.05, 0.1) is 19.3 Å². The van der Waals surface area contributed by atoms with Gasteiger partial charge in [0.2, 0.25) is 0 Å². The third-order valence-corrected chi connectivity index (χ3v) is 2.77. The SMILES string of the molecule is CCCCOCC(O)CSCCOC. The molecule has 3 nitrogen and oxygen atoms in total. The lowest BCUT2D eigenvalue weighted by molar-refractivity contribution is 0.0473. The first kappa shape index (κ1) is 14.2. The highest BCUT2D eigenvalue weighted by atomic mass is 32.2. The van der Waals surface area contributed by atoms with Crippen LogP contribution in [-0.2, 0) is 9.47 Å². The molecule has 0 heterocycles. The van der Waals surface area contributed by atoms with Crippen molar-refractivity contribution >= 4 is 11.8 Å². The smallest absolute Gasteiger partial charge is 0.0863 e. The molecule has 0 aliphatic rings. The van der Waals surface area contributed by atoms with Gasteiger partial charge in [-0.2, -0.15) is 11.8 Å². The number of rotatable bonds is 10. The highest BCUT2D eigenvalue weighted by Crippen LogP contribution is 2.03. The molecule has 1 N–H and O–H groups in total. The minimum atomic E-state index is -0.339. The van der Waals surface area contributed by atoms with Crippen molar-refractivity contribution in [2.75, 3.05) is 38.4 Å². The second kappa shape index (κ2) is 11.3. The zero-order chi connectivity index (χ0) is 10.6. The molecule has 14 heavy (non-hydrogen) atoms. The van der Waals surface area contributed by atoms with Crippen LogP contribution in [0.3, 0.4) is 0 Å². The molecule has 0 rings (SSSR count). The molecule has 1 unspecified atom stereocenters. The van der Waals surface area contributed by atoms with Crippen molar-refractivity contribution in [2.45, 2.75) is 25.9 Å². The van der Waals surface area contributed by atoms with E-state index >= 15 is 0 Å². The average molecular weight is 222 g/mol. The lowest BCUT2D eigenvalue weighted by Crippen LogP contribution is -2.18. The maximum Gasteiger partial charge on any atom is 0.0863 e. The maximum absolute atomic E-state index is 9.46. The van der Waals surface area contributed by atoms with Gasteiger partial charge in [-0.05, 0) is 6.42 Å². The third-order valence-electron chi connectivity index (χ3n) is 1.69. The highest BCUT2D eigenvalue weighted by Gasteiger charge is 2.03. The zero-order valence-electron chi connectivity index (χ0n) is 9.20. The molecule has 0 radical (unpaired) electrons. The lowest BCUT2D eigenvalue weighted by Gasteiger charge is -2.10. The van der Waals surface area contributed by atoms with Gasteiger partial charge in [-0.1, -0.05) is 13.3 Å². The van der Waals surface area contributed by atoms with E-state index in [1.807, 2.05) is 0 Å². The van der Waals surface area contributed by atoms with Crippen LogP contribution in [0.15, 0.2) is 0 Å². The fourth-order valence-corrected chi connectivity index (χ4v) is 1.69. The molecule has 4 heteroatoms. The molecule has 0 aromatic rings. The number of ether oxygens (including phenoxy) is 2. The highest BCUT2D eigenvalue weighted by molar-refractivity contribution is 7.99. The number of aliphatic hydroxyl groups is 1. The predicted octanol–water partition coefficient (Wildman–Crippen LogP) is 1.54. The van der Waals surface area contributed by atoms with Crippen molar-refractivity contribution in [2.24, 2.45) is 0 Å². The number of methoxy groups -OCH3 is 1. The first-order chi connectivity index (χ1) is 6.81. The molecule has 86 valence electrons. The second-order valence-electron chi connectivity index (χ2n) is 3.15. The molecule has 0 aromatic carbocycles. The Kier molecular flexibility index (Phi) is 11.5. The fourth-order valence-electron chi connectivity index (χ4n) is 0.876. The molecule has 0 saturated heterocycles. The van der Waals surface area contributed by atoms with Crippen molar-refractivity contribution in [3.05, 3.63) is 0 Å². The van der Waals surface area contributed by atoms with E-state index in [1.54, 1.807) is 18.9 Å². The van der Waals surface area contributed by atoms with Gasteiger partial charge in [-0.3, -0.25) is 0 Å². The Morgan fingerprint density at radius 3 is 2.79 bits per heavy atom. The number of aliphatic hydroxyl groups excluding tert-OH is 1. The van der Waals surface area contributed by atoms with Crippen molar-refractivity contribution in [1.29, 1.82) is 0 Å². The van der Waals surface area contributed by atoms with Crippen LogP contribution < -0.4 is 0 Å². The van der Waals surface area contributed by atoms with Gasteiger partial charge in [-0.15, -0.1) is 0 Å². The summed E-state index contributed by atoms with van der Waals surface area (Å²) in [6, 6.07) is 0. The van der Waals surface area contributed by atoms with Crippen molar-refractivity contribution in [1.82, 2.24) is 0 Å². The fraction of sp³-hybridized carbons (Fsp3) is 1.00. The van der Waals surface area contributed by atoms with Crippen LogP contribution in [0.4, 0.5) is 0 Å². The molecule has 0 bridgehead atoms. The van der Waals surface area contributed by atoms with Crippen molar-refractivity contribution in [3.63, 3.8) is 0 Å². The Morgan fingerprint density at radius 1 is 1.36 bits per heavy atom. The molecular weight excluding hydrogens is 200 g/mol. The summed E-state index contributed by atoms with van der Waals surface area (Å²) in [4.78, 5) is 0. The lowest BCUT2D eigenvalue weighted by atomic mass is 10.3. The van der Waals surface area contributed by atoms with Gasteiger partial charge in [0.1, 0.15) is 0 Å². The Labute approximate surface area is 91.2 Å². The topological polar surface area (TPSA) is 38.7 Å². The standard InChI is InChI=1S/C10H22O3S/c1-3-4-5-13-8-10(11)9-14-7-6-12-2/h10-11H,3-9H2,1-2H3. The minimum Gasteiger partial charge on any atom is -0.390 e. The van der Waals surface area contributed by atoms with Gasteiger partial charge in [0, 0.05) is 25.2 Å². The predicted molar refractivity (Wildman–Crippen MR) is 60.9 cm³/mol. The first-order valence-electron chi connectivity index (χ1n) is 5.13. The Morgan fingerprint density at radius 2 is 2.14 bits per heavy atom. The average Bonchev–Trinajstić information content (AvgIpc) is 2.19. The largest absolute Gasteiger partial charge is 0.390 e. The summed E-state index contributed by atoms with van der Waals surface area (Å²) in [5, 5.41) is 9.46. The molecule has 0 saturated carbocycles. The number of thioether (sulfide) groups is 1. The molecule has 0 aliphatic heterocycles. The van der Waals surface area contributed by atoms with E-state index in [-0.39, 0.29) is 6.10 Å². The van der Waals surface area contributed by atoms with E-state index in [4.69, 9.17) is 9.47 Å². The Balaban J connectivity index is 3.07. The Bertz CT molecular complexity index is 99.5. The van der Waals surface area contributed by atoms with E-state index in [0.717, 1.165) is 37.6 Å². The van der Waals surface area contributed by atoms with E-state index in [1.165, 1.54) is 0 Å². The minimum absolute atomic E-state index is 0.339. The third kappa shape index (κ3) is 10.3. The summed E-state index contributed by atoms with van der Waals surface area (Å²) in [5.74, 6) is 1.66. The quantitative estimate of drug-likeness (QED) is 0.569. The molecule has 0 amide bonds. The number of hydrogen-bond acceptors (Lipinski definition) is 4. The molecule has 0 aliphatic carbocycles. The molecule has 0 spiro atoms. The van der Waals surface area contributed by atoms with E-state index in [9.17, 15) is 5.11 Å². The van der Waals surface area contributed by atoms with Crippen LogP contribution in [0, 0.1) is 0 Å². The van der Waals surface area contributed by atoms with E-state index < -0.39 is 0 Å². The molecule has 0 aromatic heterocycles. The van der Waals surface area contributed by atoms with Gasteiger partial charge < -0.3 is 14.6 Å². The van der Waals surface area contributed by atoms with Crippen LogP contribution in [0.5, 0.6) is 0 Å². The van der Waals surface area contributed by atoms with Crippen LogP contribution in [0.1, 0.15) is 19.8 Å².